The third-order valence-corrected chi connectivity index (χ3v) is 5.22. The van der Waals surface area contributed by atoms with E-state index in [1.807, 2.05) is 24.3 Å². The third kappa shape index (κ3) is 4.65. The summed E-state index contributed by atoms with van der Waals surface area (Å²) in [6.07, 6.45) is 5.34. The molecule has 24 heavy (non-hydrogen) atoms. The summed E-state index contributed by atoms with van der Waals surface area (Å²) in [7, 11) is 0. The number of halogens is 1. The highest BCUT2D eigenvalue weighted by Crippen LogP contribution is 2.39. The molecule has 5 nitrogen and oxygen atoms in total. The molecule has 0 spiro atoms. The number of ether oxygens (including phenoxy) is 1. The predicted octanol–water partition coefficient (Wildman–Crippen LogP) is 4.10. The first-order valence-corrected chi connectivity index (χ1v) is 9.70. The van der Waals surface area contributed by atoms with E-state index >= 15 is 0 Å². The second kappa shape index (κ2) is 8.74. The van der Waals surface area contributed by atoms with Gasteiger partial charge in [0.25, 0.3) is 0 Å². The highest BCUT2D eigenvalue weighted by Gasteiger charge is 2.29. The molecule has 1 aliphatic rings. The van der Waals surface area contributed by atoms with Crippen molar-refractivity contribution < 1.29 is 9.84 Å². The Morgan fingerprint density at radius 1 is 1.21 bits per heavy atom. The smallest absolute Gasteiger partial charge is 0.191 e. The van der Waals surface area contributed by atoms with Crippen molar-refractivity contribution in [3.05, 3.63) is 35.1 Å². The Morgan fingerprint density at radius 3 is 2.79 bits per heavy atom. The van der Waals surface area contributed by atoms with Gasteiger partial charge in [0.05, 0.1) is 5.02 Å². The van der Waals surface area contributed by atoms with Crippen molar-refractivity contribution in [2.45, 2.75) is 49.9 Å². The minimum Gasteiger partial charge on any atom is -0.484 e. The lowest BCUT2D eigenvalue weighted by atomic mass is 10.3. The molecule has 0 aliphatic heterocycles. The topological polar surface area (TPSA) is 60.2 Å². The lowest BCUT2D eigenvalue weighted by Crippen LogP contribution is -2.07. The minimum atomic E-state index is 0.270. The fraction of sp³-hybridized carbons (Fsp3) is 0.529. The average Bonchev–Trinajstić information content (AvgIpc) is 3.35. The first-order valence-electron chi connectivity index (χ1n) is 8.34. The molecule has 0 bridgehead atoms. The number of hydrogen-bond acceptors (Lipinski definition) is 5. The highest BCUT2D eigenvalue weighted by molar-refractivity contribution is 7.99. The summed E-state index contributed by atoms with van der Waals surface area (Å²) in [5.41, 5.74) is 0. The molecular formula is C17H22ClN3O2S. The Kier molecular flexibility index (Phi) is 6.40. The number of aliphatic hydroxyl groups is 1. The standard InChI is InChI=1S/C17H22ClN3O2S/c18-14-6-2-3-7-15(14)23-12-16-19-20-17(21(16)13-8-9-13)24-11-5-1-4-10-22/h2-3,6-7,13,22H,1,4-5,8-12H2. The number of hydrogen-bond donors (Lipinski definition) is 1. The first-order chi connectivity index (χ1) is 11.8. The van der Waals surface area contributed by atoms with Crippen molar-refractivity contribution in [2.24, 2.45) is 0 Å². The van der Waals surface area contributed by atoms with Crippen LogP contribution in [0.1, 0.15) is 44.0 Å². The average molecular weight is 368 g/mol. The number of nitrogens with zero attached hydrogens (tertiary/aromatic N) is 3. The molecule has 1 aromatic heterocycles. The lowest BCUT2D eigenvalue weighted by molar-refractivity contribution is 0.284. The maximum Gasteiger partial charge on any atom is 0.191 e. The molecule has 0 atom stereocenters. The predicted molar refractivity (Wildman–Crippen MR) is 95.7 cm³/mol. The van der Waals surface area contributed by atoms with Crippen molar-refractivity contribution in [1.82, 2.24) is 14.8 Å². The van der Waals surface area contributed by atoms with Crippen LogP contribution in [0, 0.1) is 0 Å². The minimum absolute atomic E-state index is 0.270. The molecule has 2 aromatic rings. The summed E-state index contributed by atoms with van der Waals surface area (Å²) >= 11 is 7.87. The Bertz CT molecular complexity index is 661. The van der Waals surface area contributed by atoms with Crippen LogP contribution >= 0.6 is 23.4 Å². The Hall–Kier alpha value is -1.24. The second-order valence-electron chi connectivity index (χ2n) is 5.85. The monoisotopic (exact) mass is 367 g/mol. The van der Waals surface area contributed by atoms with E-state index in [2.05, 4.69) is 14.8 Å². The van der Waals surface area contributed by atoms with Crippen LogP contribution in [0.25, 0.3) is 0 Å². The molecule has 1 aliphatic carbocycles. The number of thioether (sulfide) groups is 1. The van der Waals surface area contributed by atoms with Gasteiger partial charge in [0.15, 0.2) is 11.0 Å². The Labute approximate surface area is 151 Å². The van der Waals surface area contributed by atoms with Crippen LogP contribution in [0.5, 0.6) is 5.75 Å². The van der Waals surface area contributed by atoms with Gasteiger partial charge in [-0.2, -0.15) is 0 Å². The van der Waals surface area contributed by atoms with E-state index < -0.39 is 0 Å². The van der Waals surface area contributed by atoms with Crippen molar-refractivity contribution in [3.8, 4) is 5.75 Å². The van der Waals surface area contributed by atoms with E-state index in [0.29, 0.717) is 23.4 Å². The first kappa shape index (κ1) is 17.6. The summed E-state index contributed by atoms with van der Waals surface area (Å²) in [4.78, 5) is 0. The van der Waals surface area contributed by atoms with Crippen LogP contribution in [0.3, 0.4) is 0 Å². The summed E-state index contributed by atoms with van der Waals surface area (Å²) in [6.45, 7) is 0.644. The molecule has 1 N–H and O–H groups in total. The number of benzene rings is 1. The van der Waals surface area contributed by atoms with Crippen LogP contribution in [0.2, 0.25) is 5.02 Å². The molecule has 0 saturated heterocycles. The van der Waals surface area contributed by atoms with Crippen LogP contribution in [0.15, 0.2) is 29.4 Å². The SMILES string of the molecule is OCCCCCSc1nnc(COc2ccccc2Cl)n1C1CC1. The van der Waals surface area contributed by atoms with Crippen LogP contribution in [-0.4, -0.2) is 32.2 Å². The van der Waals surface area contributed by atoms with Crippen molar-refractivity contribution >= 4 is 23.4 Å². The molecule has 1 heterocycles. The van der Waals surface area contributed by atoms with E-state index in [-0.39, 0.29) is 6.61 Å². The van der Waals surface area contributed by atoms with Crippen LogP contribution in [-0.2, 0) is 6.61 Å². The van der Waals surface area contributed by atoms with Gasteiger partial charge in [0.2, 0.25) is 0 Å². The maximum atomic E-state index is 8.83. The van der Waals surface area contributed by atoms with Gasteiger partial charge in [0, 0.05) is 18.4 Å². The third-order valence-electron chi connectivity index (χ3n) is 3.87. The van der Waals surface area contributed by atoms with Gasteiger partial charge in [-0.1, -0.05) is 41.9 Å². The van der Waals surface area contributed by atoms with Gasteiger partial charge >= 0.3 is 0 Å². The molecular weight excluding hydrogens is 346 g/mol. The zero-order chi connectivity index (χ0) is 16.8. The number of unbranched alkanes of at least 4 members (excludes halogenated alkanes) is 2. The van der Waals surface area contributed by atoms with Gasteiger partial charge in [-0.05, 0) is 37.8 Å². The summed E-state index contributed by atoms with van der Waals surface area (Å²) < 4.78 is 8.04. The number of para-hydroxylation sites is 1. The zero-order valence-corrected chi connectivity index (χ0v) is 15.1. The van der Waals surface area contributed by atoms with E-state index in [0.717, 1.165) is 36.0 Å². The molecule has 0 radical (unpaired) electrons. The molecule has 1 aromatic carbocycles. The number of aromatic nitrogens is 3. The van der Waals surface area contributed by atoms with Gasteiger partial charge in [-0.3, -0.25) is 0 Å². The van der Waals surface area contributed by atoms with Crippen molar-refractivity contribution in [3.63, 3.8) is 0 Å². The van der Waals surface area contributed by atoms with Gasteiger partial charge in [-0.25, -0.2) is 0 Å². The van der Waals surface area contributed by atoms with Gasteiger partial charge in [0.1, 0.15) is 12.4 Å². The summed E-state index contributed by atoms with van der Waals surface area (Å²) in [5.74, 6) is 2.52. The Balaban J connectivity index is 1.60. The van der Waals surface area contributed by atoms with Gasteiger partial charge in [-0.15, -0.1) is 10.2 Å². The van der Waals surface area contributed by atoms with Crippen molar-refractivity contribution in [1.29, 1.82) is 0 Å². The Morgan fingerprint density at radius 2 is 2.04 bits per heavy atom. The zero-order valence-electron chi connectivity index (χ0n) is 13.5. The van der Waals surface area contributed by atoms with E-state index in [1.54, 1.807) is 11.8 Å². The van der Waals surface area contributed by atoms with Gasteiger partial charge < -0.3 is 14.4 Å². The largest absolute Gasteiger partial charge is 0.484 e. The highest BCUT2D eigenvalue weighted by atomic mass is 35.5. The molecule has 7 heteroatoms. The van der Waals surface area contributed by atoms with E-state index in [4.69, 9.17) is 21.4 Å². The maximum absolute atomic E-state index is 8.83. The molecule has 130 valence electrons. The normalized spacial score (nSPS) is 14.1. The van der Waals surface area contributed by atoms with Crippen LogP contribution in [0.4, 0.5) is 0 Å². The quantitative estimate of drug-likeness (QED) is 0.506. The van der Waals surface area contributed by atoms with Crippen molar-refractivity contribution in [2.75, 3.05) is 12.4 Å². The molecule has 3 rings (SSSR count). The fourth-order valence-electron chi connectivity index (χ4n) is 2.46. The fourth-order valence-corrected chi connectivity index (χ4v) is 3.68. The molecule has 0 amide bonds. The van der Waals surface area contributed by atoms with E-state index in [9.17, 15) is 0 Å². The molecule has 0 unspecified atom stereocenters. The lowest BCUT2D eigenvalue weighted by Gasteiger charge is -2.10. The number of aliphatic hydroxyl groups excluding tert-OH is 1. The van der Waals surface area contributed by atoms with E-state index in [1.165, 1.54) is 12.8 Å². The second-order valence-corrected chi connectivity index (χ2v) is 7.32. The summed E-state index contributed by atoms with van der Waals surface area (Å²) in [6, 6.07) is 7.96. The molecule has 1 saturated carbocycles. The summed E-state index contributed by atoms with van der Waals surface area (Å²) in [5, 5.41) is 19.1. The number of rotatable bonds is 10. The van der Waals surface area contributed by atoms with Crippen LogP contribution < -0.4 is 4.74 Å². The molecule has 1 fully saturated rings.